The second kappa shape index (κ2) is 8.96. The largest absolute Gasteiger partial charge is 0.368 e. The van der Waals surface area contributed by atoms with Gasteiger partial charge in [0.1, 0.15) is 0 Å². The first kappa shape index (κ1) is 21.2. The van der Waals surface area contributed by atoms with Gasteiger partial charge in [0.25, 0.3) is 5.69 Å². The number of rotatable bonds is 6. The first-order valence-electron chi connectivity index (χ1n) is 11.1. The molecule has 1 fully saturated rings. The van der Waals surface area contributed by atoms with E-state index in [1.165, 1.54) is 0 Å². The van der Waals surface area contributed by atoms with Crippen molar-refractivity contribution in [3.63, 3.8) is 0 Å². The van der Waals surface area contributed by atoms with Crippen molar-refractivity contribution in [1.82, 2.24) is 5.32 Å². The van der Waals surface area contributed by atoms with Crippen LogP contribution in [0.1, 0.15) is 25.8 Å². The van der Waals surface area contributed by atoms with Crippen molar-refractivity contribution in [3.8, 4) is 0 Å². The molecule has 0 aromatic heterocycles. The van der Waals surface area contributed by atoms with E-state index in [0.29, 0.717) is 18.9 Å². The normalized spacial score (nSPS) is 20.2. The zero-order chi connectivity index (χ0) is 22.0. The van der Waals surface area contributed by atoms with Crippen LogP contribution in [0.2, 0.25) is 0 Å². The molecule has 1 amide bonds. The maximum Gasteiger partial charge on any atom is 0.269 e. The number of non-ortho nitro benzene ring substituents is 1. The van der Waals surface area contributed by atoms with Crippen molar-refractivity contribution in [2.75, 3.05) is 36.0 Å². The number of nitro benzene ring substituents is 1. The van der Waals surface area contributed by atoms with Crippen molar-refractivity contribution in [3.05, 3.63) is 64.2 Å². The number of hydrogen-bond acceptors (Lipinski definition) is 5. The van der Waals surface area contributed by atoms with Gasteiger partial charge in [0.05, 0.1) is 16.9 Å². The SMILES string of the molecule is CC(C)CCNC(=O)[C@H]1Cc2cc([N+](=O)[O-])ccc2N2CCN(c3ccccc3)C[C@@H]12. The van der Waals surface area contributed by atoms with Crippen LogP contribution in [0.15, 0.2) is 48.5 Å². The minimum atomic E-state index is -0.364. The van der Waals surface area contributed by atoms with Gasteiger partial charge >= 0.3 is 0 Å². The van der Waals surface area contributed by atoms with Crippen LogP contribution in [0.25, 0.3) is 0 Å². The van der Waals surface area contributed by atoms with Gasteiger partial charge in [-0.2, -0.15) is 0 Å². The summed E-state index contributed by atoms with van der Waals surface area (Å²) in [6.07, 6.45) is 1.46. The lowest BCUT2D eigenvalue weighted by atomic mass is 9.83. The highest BCUT2D eigenvalue weighted by atomic mass is 16.6. The molecule has 2 aromatic rings. The van der Waals surface area contributed by atoms with Crippen molar-refractivity contribution < 1.29 is 9.72 Å². The number of carbonyl (C=O) groups excluding carboxylic acids is 1. The number of nitrogens with zero attached hydrogens (tertiary/aromatic N) is 3. The molecule has 1 saturated heterocycles. The average molecular weight is 423 g/mol. The zero-order valence-corrected chi connectivity index (χ0v) is 18.2. The van der Waals surface area contributed by atoms with Crippen LogP contribution in [0.3, 0.4) is 0 Å². The van der Waals surface area contributed by atoms with E-state index >= 15 is 0 Å². The van der Waals surface area contributed by atoms with E-state index < -0.39 is 0 Å². The molecule has 1 N–H and O–H groups in total. The van der Waals surface area contributed by atoms with Gasteiger partial charge in [-0.3, -0.25) is 14.9 Å². The summed E-state index contributed by atoms with van der Waals surface area (Å²) in [4.78, 5) is 28.8. The molecule has 0 radical (unpaired) electrons. The van der Waals surface area contributed by atoms with Crippen molar-refractivity contribution >= 4 is 23.0 Å². The summed E-state index contributed by atoms with van der Waals surface area (Å²) in [5.74, 6) is 0.325. The number of benzene rings is 2. The van der Waals surface area contributed by atoms with Crippen LogP contribution >= 0.6 is 0 Å². The van der Waals surface area contributed by atoms with E-state index in [-0.39, 0.29) is 28.5 Å². The number of amides is 1. The Balaban J connectivity index is 1.62. The van der Waals surface area contributed by atoms with Gasteiger partial charge in [-0.1, -0.05) is 32.0 Å². The molecule has 2 atom stereocenters. The van der Waals surface area contributed by atoms with Gasteiger partial charge < -0.3 is 15.1 Å². The number of anilines is 2. The number of nitro groups is 1. The van der Waals surface area contributed by atoms with Gasteiger partial charge in [0.15, 0.2) is 0 Å². The lowest BCUT2D eigenvalue weighted by Gasteiger charge is -2.49. The smallest absolute Gasteiger partial charge is 0.269 e. The molecule has 164 valence electrons. The Morgan fingerprint density at radius 3 is 2.68 bits per heavy atom. The number of piperazine rings is 1. The van der Waals surface area contributed by atoms with Crippen LogP contribution in [-0.2, 0) is 11.2 Å². The zero-order valence-electron chi connectivity index (χ0n) is 18.2. The number of fused-ring (bicyclic) bond motifs is 3. The van der Waals surface area contributed by atoms with E-state index in [1.807, 2.05) is 24.3 Å². The van der Waals surface area contributed by atoms with Crippen LogP contribution in [0.4, 0.5) is 17.1 Å². The number of carbonyl (C=O) groups is 1. The minimum absolute atomic E-state index is 0.0296. The fraction of sp³-hybridized carbons (Fsp3) is 0.458. The Hall–Kier alpha value is -3.09. The third-order valence-corrected chi connectivity index (χ3v) is 6.39. The third kappa shape index (κ3) is 4.50. The Kier molecular flexibility index (Phi) is 6.11. The molecule has 2 aliphatic rings. The lowest BCUT2D eigenvalue weighted by molar-refractivity contribution is -0.384. The van der Waals surface area contributed by atoms with E-state index in [1.54, 1.807) is 12.1 Å². The van der Waals surface area contributed by atoms with E-state index in [2.05, 4.69) is 41.1 Å². The summed E-state index contributed by atoms with van der Waals surface area (Å²) >= 11 is 0. The van der Waals surface area contributed by atoms with Crippen LogP contribution in [0.5, 0.6) is 0 Å². The summed E-state index contributed by atoms with van der Waals surface area (Å²) in [7, 11) is 0. The second-order valence-electron chi connectivity index (χ2n) is 8.90. The molecule has 2 aliphatic heterocycles. The minimum Gasteiger partial charge on any atom is -0.368 e. The molecule has 31 heavy (non-hydrogen) atoms. The maximum absolute atomic E-state index is 13.2. The molecule has 0 spiro atoms. The molecule has 2 heterocycles. The number of nitrogens with one attached hydrogen (secondary N) is 1. The monoisotopic (exact) mass is 422 g/mol. The summed E-state index contributed by atoms with van der Waals surface area (Å²) in [6, 6.07) is 15.4. The summed E-state index contributed by atoms with van der Waals surface area (Å²) in [5.41, 5.74) is 3.16. The Labute approximate surface area is 183 Å². The van der Waals surface area contributed by atoms with Gasteiger partial charge in [-0.05, 0) is 42.5 Å². The molecule has 0 saturated carbocycles. The van der Waals surface area contributed by atoms with E-state index in [9.17, 15) is 14.9 Å². The highest BCUT2D eigenvalue weighted by molar-refractivity contribution is 5.82. The summed E-state index contributed by atoms with van der Waals surface area (Å²) < 4.78 is 0. The third-order valence-electron chi connectivity index (χ3n) is 6.39. The fourth-order valence-electron chi connectivity index (χ4n) is 4.71. The van der Waals surface area contributed by atoms with Gasteiger partial charge in [0.2, 0.25) is 5.91 Å². The van der Waals surface area contributed by atoms with Crippen LogP contribution in [-0.4, -0.2) is 43.1 Å². The average Bonchev–Trinajstić information content (AvgIpc) is 2.78. The Morgan fingerprint density at radius 2 is 1.97 bits per heavy atom. The fourth-order valence-corrected chi connectivity index (χ4v) is 4.71. The molecule has 4 rings (SSSR count). The molecular formula is C24H30N4O3. The van der Waals surface area contributed by atoms with Crippen molar-refractivity contribution in [1.29, 1.82) is 0 Å². The predicted octanol–water partition coefficient (Wildman–Crippen LogP) is 3.62. The first-order valence-corrected chi connectivity index (χ1v) is 11.1. The quantitative estimate of drug-likeness (QED) is 0.568. The van der Waals surface area contributed by atoms with Crippen LogP contribution < -0.4 is 15.1 Å². The molecule has 0 bridgehead atoms. The second-order valence-corrected chi connectivity index (χ2v) is 8.90. The van der Waals surface area contributed by atoms with Crippen molar-refractivity contribution in [2.24, 2.45) is 11.8 Å². The molecule has 7 nitrogen and oxygen atoms in total. The molecular weight excluding hydrogens is 392 g/mol. The molecule has 2 aromatic carbocycles. The highest BCUT2D eigenvalue weighted by Crippen LogP contribution is 2.38. The first-order chi connectivity index (χ1) is 14.9. The van der Waals surface area contributed by atoms with E-state index in [0.717, 1.165) is 43.0 Å². The highest BCUT2D eigenvalue weighted by Gasteiger charge is 2.42. The standard InChI is InChI=1S/C24H30N4O3/c1-17(2)10-11-25-24(29)21-15-18-14-20(28(30)31)8-9-22(18)27-13-12-26(16-23(21)27)19-6-4-3-5-7-19/h3-9,14,17,21,23H,10-13,15-16H2,1-2H3,(H,25,29)/t21-,23-/m0/s1. The topological polar surface area (TPSA) is 78.7 Å². The lowest BCUT2D eigenvalue weighted by Crippen LogP contribution is -2.61. The molecule has 0 unspecified atom stereocenters. The summed E-state index contributed by atoms with van der Waals surface area (Å²) in [5, 5.41) is 14.4. The van der Waals surface area contributed by atoms with E-state index in [4.69, 9.17) is 0 Å². The van der Waals surface area contributed by atoms with Gasteiger partial charge in [-0.15, -0.1) is 0 Å². The number of para-hydroxylation sites is 1. The molecule has 7 heteroatoms. The maximum atomic E-state index is 13.2. The Morgan fingerprint density at radius 1 is 1.19 bits per heavy atom. The summed E-state index contributed by atoms with van der Waals surface area (Å²) in [6.45, 7) is 7.32. The predicted molar refractivity (Wildman–Crippen MR) is 123 cm³/mol. The van der Waals surface area contributed by atoms with Crippen LogP contribution in [0, 0.1) is 22.0 Å². The molecule has 0 aliphatic carbocycles. The van der Waals surface area contributed by atoms with Gasteiger partial charge in [0, 0.05) is 49.7 Å². The number of hydrogen-bond donors (Lipinski definition) is 1. The Bertz CT molecular complexity index is 947. The van der Waals surface area contributed by atoms with Gasteiger partial charge in [-0.25, -0.2) is 0 Å². The van der Waals surface area contributed by atoms with Crippen molar-refractivity contribution in [2.45, 2.75) is 32.7 Å².